The summed E-state index contributed by atoms with van der Waals surface area (Å²) < 4.78 is 5.09. The van der Waals surface area contributed by atoms with Crippen LogP contribution in [0.15, 0.2) is 72.8 Å². The third kappa shape index (κ3) is 4.91. The van der Waals surface area contributed by atoms with Crippen molar-refractivity contribution in [2.75, 3.05) is 18.5 Å². The predicted molar refractivity (Wildman–Crippen MR) is 155 cm³/mol. The number of esters is 1. The number of Topliss-reactive ketones (excluding diaryl/α,β-unsaturated/α-hetero) is 1. The van der Waals surface area contributed by atoms with Gasteiger partial charge >= 0.3 is 5.97 Å². The minimum Gasteiger partial charge on any atom is -0.456 e. The number of unbranched alkanes of at least 4 members (excludes halogenated alkanes) is 2. The number of imide groups is 1. The van der Waals surface area contributed by atoms with Crippen LogP contribution in [0.2, 0.25) is 0 Å². The Bertz CT molecular complexity index is 1480. The highest BCUT2D eigenvalue weighted by Gasteiger charge is 2.61. The molecule has 1 saturated heterocycles. The molecule has 1 N–H and O–H groups in total. The monoisotopic (exact) mass is 564 g/mol. The van der Waals surface area contributed by atoms with E-state index >= 15 is 0 Å². The molecule has 2 atom stereocenters. The van der Waals surface area contributed by atoms with Crippen LogP contribution in [0.5, 0.6) is 0 Å². The molecule has 0 unspecified atom stereocenters. The average molecular weight is 565 g/mol. The molecule has 0 aromatic heterocycles. The topological polar surface area (TPSA) is 110 Å². The number of carbonyl (C=O) groups is 5. The number of rotatable bonds is 10. The van der Waals surface area contributed by atoms with Crippen LogP contribution < -0.4 is 5.32 Å². The number of carbonyl (C=O) groups excluding carboxylic acids is 5. The van der Waals surface area contributed by atoms with Gasteiger partial charge in [0.2, 0.25) is 11.8 Å². The van der Waals surface area contributed by atoms with Crippen LogP contribution in [0.3, 0.4) is 0 Å². The Morgan fingerprint density at radius 1 is 0.762 bits per heavy atom. The van der Waals surface area contributed by atoms with Gasteiger partial charge in [-0.2, -0.15) is 0 Å². The summed E-state index contributed by atoms with van der Waals surface area (Å²) in [5, 5.41) is 2.61. The smallest absolute Gasteiger partial charge is 0.306 e. The van der Waals surface area contributed by atoms with E-state index in [1.807, 2.05) is 24.3 Å². The summed E-state index contributed by atoms with van der Waals surface area (Å²) in [5.74, 6) is -2.26. The number of likely N-dealkylation sites (tertiary alicyclic amines) is 1. The van der Waals surface area contributed by atoms with Crippen LogP contribution >= 0.6 is 0 Å². The molecule has 1 fully saturated rings. The lowest BCUT2D eigenvalue weighted by atomic mass is 9.55. The van der Waals surface area contributed by atoms with E-state index in [0.717, 1.165) is 22.3 Å². The molecule has 3 aromatic rings. The number of amides is 3. The zero-order valence-corrected chi connectivity index (χ0v) is 23.4. The summed E-state index contributed by atoms with van der Waals surface area (Å²) in [4.78, 5) is 64.5. The van der Waals surface area contributed by atoms with E-state index in [2.05, 4.69) is 29.6 Å². The van der Waals surface area contributed by atoms with Crippen molar-refractivity contribution in [2.45, 2.75) is 44.4 Å². The summed E-state index contributed by atoms with van der Waals surface area (Å²) in [6, 6.07) is 22.9. The van der Waals surface area contributed by atoms with Crippen molar-refractivity contribution in [1.82, 2.24) is 4.90 Å². The van der Waals surface area contributed by atoms with E-state index in [1.165, 1.54) is 11.8 Å². The van der Waals surface area contributed by atoms with Crippen LogP contribution in [0.25, 0.3) is 0 Å². The molecule has 214 valence electrons. The lowest BCUT2D eigenvalue weighted by Gasteiger charge is -2.45. The van der Waals surface area contributed by atoms with Crippen LogP contribution in [-0.4, -0.2) is 47.5 Å². The van der Waals surface area contributed by atoms with Gasteiger partial charge < -0.3 is 10.1 Å². The normalized spacial score (nSPS) is 21.4. The second-order valence-electron chi connectivity index (χ2n) is 11.2. The first-order valence-electron chi connectivity index (χ1n) is 14.4. The number of ketones is 1. The molecule has 7 rings (SSSR count). The highest BCUT2D eigenvalue weighted by molar-refractivity contribution is 6.07. The molecule has 0 spiro atoms. The average Bonchev–Trinajstić information content (AvgIpc) is 3.25. The molecule has 1 heterocycles. The molecule has 3 aromatic carbocycles. The maximum absolute atomic E-state index is 13.6. The second kappa shape index (κ2) is 11.4. The SMILES string of the molecule is CC(=O)c1cccc(NC(=O)COC(=O)CCCCCN2C(=O)[C@@H]3C4c5ccccc5C(c5ccccc54)[C@H]3C2=O)c1. The van der Waals surface area contributed by atoms with E-state index in [-0.39, 0.29) is 47.7 Å². The van der Waals surface area contributed by atoms with Gasteiger partial charge in [-0.3, -0.25) is 28.9 Å². The summed E-state index contributed by atoms with van der Waals surface area (Å²) >= 11 is 0. The van der Waals surface area contributed by atoms with E-state index < -0.39 is 18.5 Å². The van der Waals surface area contributed by atoms with Crippen molar-refractivity contribution in [3.8, 4) is 0 Å². The summed E-state index contributed by atoms with van der Waals surface area (Å²) in [5.41, 5.74) is 5.55. The quantitative estimate of drug-likeness (QED) is 0.164. The molecule has 42 heavy (non-hydrogen) atoms. The zero-order chi connectivity index (χ0) is 29.4. The van der Waals surface area contributed by atoms with Gasteiger partial charge in [-0.05, 0) is 54.2 Å². The van der Waals surface area contributed by atoms with Crippen LogP contribution in [0, 0.1) is 11.8 Å². The molecule has 4 aliphatic rings. The second-order valence-corrected chi connectivity index (χ2v) is 11.2. The fourth-order valence-electron chi connectivity index (χ4n) is 6.91. The van der Waals surface area contributed by atoms with Gasteiger partial charge in [0.25, 0.3) is 5.91 Å². The maximum Gasteiger partial charge on any atom is 0.306 e. The predicted octanol–water partition coefficient (Wildman–Crippen LogP) is 4.82. The van der Waals surface area contributed by atoms with E-state index in [4.69, 9.17) is 4.74 Å². The van der Waals surface area contributed by atoms with Crippen molar-refractivity contribution < 1.29 is 28.7 Å². The first kappa shape index (κ1) is 27.6. The number of hydrogen-bond donors (Lipinski definition) is 1. The molecular weight excluding hydrogens is 532 g/mol. The van der Waals surface area contributed by atoms with Crippen LogP contribution in [0.1, 0.15) is 77.1 Å². The highest BCUT2D eigenvalue weighted by Crippen LogP contribution is 2.60. The summed E-state index contributed by atoms with van der Waals surface area (Å²) in [6.45, 7) is 1.35. The number of ether oxygens (including phenoxy) is 1. The lowest BCUT2D eigenvalue weighted by Crippen LogP contribution is -2.41. The Morgan fingerprint density at radius 2 is 1.33 bits per heavy atom. The van der Waals surface area contributed by atoms with E-state index in [1.54, 1.807) is 24.3 Å². The lowest BCUT2D eigenvalue weighted by molar-refractivity contribution is -0.147. The number of benzene rings is 3. The van der Waals surface area contributed by atoms with Crippen molar-refractivity contribution >= 4 is 35.2 Å². The molecule has 8 nitrogen and oxygen atoms in total. The molecule has 0 radical (unpaired) electrons. The number of nitrogens with zero attached hydrogens (tertiary/aromatic N) is 1. The zero-order valence-electron chi connectivity index (χ0n) is 23.4. The Kier molecular flexibility index (Phi) is 7.45. The Hall–Kier alpha value is -4.59. The number of hydrogen-bond acceptors (Lipinski definition) is 6. The van der Waals surface area contributed by atoms with Crippen molar-refractivity contribution in [3.63, 3.8) is 0 Å². The van der Waals surface area contributed by atoms with E-state index in [9.17, 15) is 24.0 Å². The third-order valence-corrected chi connectivity index (χ3v) is 8.72. The Labute approximate surface area is 244 Å². The molecule has 8 heteroatoms. The fourth-order valence-corrected chi connectivity index (χ4v) is 6.91. The van der Waals surface area contributed by atoms with Crippen LogP contribution in [0.4, 0.5) is 5.69 Å². The van der Waals surface area contributed by atoms with Gasteiger partial charge in [0, 0.05) is 36.1 Å². The highest BCUT2D eigenvalue weighted by atomic mass is 16.5. The fraction of sp³-hybridized carbons (Fsp3) is 0.324. The number of nitrogens with one attached hydrogen (secondary N) is 1. The first-order chi connectivity index (χ1) is 20.3. The molecule has 3 aliphatic carbocycles. The van der Waals surface area contributed by atoms with Gasteiger partial charge in [0.1, 0.15) is 0 Å². The van der Waals surface area contributed by atoms with E-state index in [0.29, 0.717) is 37.1 Å². The van der Waals surface area contributed by atoms with Crippen LogP contribution in [-0.2, 0) is 23.9 Å². The van der Waals surface area contributed by atoms with Gasteiger partial charge in [0.05, 0.1) is 11.8 Å². The van der Waals surface area contributed by atoms with Gasteiger partial charge in [-0.15, -0.1) is 0 Å². The largest absolute Gasteiger partial charge is 0.456 e. The third-order valence-electron chi connectivity index (χ3n) is 8.72. The minimum atomic E-state index is -0.492. The van der Waals surface area contributed by atoms with Gasteiger partial charge in [0.15, 0.2) is 12.4 Å². The van der Waals surface area contributed by atoms with Crippen molar-refractivity contribution in [3.05, 3.63) is 101 Å². The molecular formula is C34H32N2O6. The number of anilines is 1. The van der Waals surface area contributed by atoms with Crippen molar-refractivity contribution in [1.29, 1.82) is 0 Å². The Morgan fingerprint density at radius 3 is 1.88 bits per heavy atom. The Balaban J connectivity index is 0.985. The molecule has 0 saturated carbocycles. The summed E-state index contributed by atoms with van der Waals surface area (Å²) in [6.07, 6.45) is 1.88. The first-order valence-corrected chi connectivity index (χ1v) is 14.4. The minimum absolute atomic E-state index is 0.0942. The van der Waals surface area contributed by atoms with Crippen molar-refractivity contribution in [2.24, 2.45) is 11.8 Å². The van der Waals surface area contributed by atoms with Gasteiger partial charge in [-0.25, -0.2) is 0 Å². The standard InChI is InChI=1S/C34H32N2O6/c1-20(37)21-10-9-11-22(18-21)35-27(38)19-42-28(39)16-3-2-8-17-36-33(40)31-29-23-12-4-5-13-24(23)30(32(31)34(36)41)26-15-7-6-14-25(26)29/h4-7,9-15,18,29-32H,2-3,8,16-17,19H2,1H3,(H,35,38)/t29?,30?,31-,32-/m1/s1. The molecule has 2 bridgehead atoms. The molecule has 1 aliphatic heterocycles. The molecule has 3 amide bonds. The maximum atomic E-state index is 13.6. The van der Waals surface area contributed by atoms with Gasteiger partial charge in [-0.1, -0.05) is 67.1 Å². The summed E-state index contributed by atoms with van der Waals surface area (Å²) in [7, 11) is 0.